The third-order valence-corrected chi connectivity index (χ3v) is 6.25. The van der Waals surface area contributed by atoms with Crippen LogP contribution in [-0.4, -0.2) is 58.6 Å². The third-order valence-electron chi connectivity index (χ3n) is 4.38. The summed E-state index contributed by atoms with van der Waals surface area (Å²) in [6.45, 7) is 5.61. The summed E-state index contributed by atoms with van der Waals surface area (Å²) in [5.41, 5.74) is 0.984. The van der Waals surface area contributed by atoms with Crippen LogP contribution in [0.4, 0.5) is 10.6 Å². The van der Waals surface area contributed by atoms with Crippen LogP contribution in [-0.2, 0) is 6.42 Å². The number of carbonyl (C=O) groups is 1. The minimum atomic E-state index is 0.00175. The maximum atomic E-state index is 12.4. The number of amides is 2. The quantitative estimate of drug-likeness (QED) is 0.743. The van der Waals surface area contributed by atoms with Crippen LogP contribution in [0.2, 0.25) is 0 Å². The predicted octanol–water partition coefficient (Wildman–Crippen LogP) is 2.53. The van der Waals surface area contributed by atoms with Gasteiger partial charge in [0.25, 0.3) is 0 Å². The summed E-state index contributed by atoms with van der Waals surface area (Å²) in [4.78, 5) is 30.8. The number of nitrogens with one attached hydrogen (secondary N) is 1. The number of carbonyl (C=O) groups excluding carboxylic acids is 1. The van der Waals surface area contributed by atoms with Crippen molar-refractivity contribution in [1.82, 2.24) is 25.2 Å². The monoisotopic (exact) mass is 388 g/mol. The molecule has 0 aromatic carbocycles. The summed E-state index contributed by atoms with van der Waals surface area (Å²) >= 11 is 3.34. The number of aryl methyl sites for hydroxylation is 1. The molecule has 3 aromatic heterocycles. The number of rotatable bonds is 4. The number of thiazole rings is 1. The topological polar surface area (TPSA) is 74.2 Å². The molecule has 0 spiro atoms. The van der Waals surface area contributed by atoms with Gasteiger partial charge in [-0.3, -0.25) is 0 Å². The number of aromatic nitrogens is 3. The van der Waals surface area contributed by atoms with E-state index >= 15 is 0 Å². The SMILES string of the molecule is Cc1cnc(CCNC(=O)N2CCN(c3ncnc4ccsc34)CC2)s1. The van der Waals surface area contributed by atoms with Crippen LogP contribution in [0.25, 0.3) is 10.2 Å². The van der Waals surface area contributed by atoms with E-state index in [0.717, 1.165) is 40.6 Å². The molecule has 4 heterocycles. The van der Waals surface area contributed by atoms with Crippen molar-refractivity contribution in [1.29, 1.82) is 0 Å². The number of urea groups is 1. The molecule has 1 saturated heterocycles. The van der Waals surface area contributed by atoms with Crippen molar-refractivity contribution in [2.75, 3.05) is 37.6 Å². The van der Waals surface area contributed by atoms with E-state index in [1.54, 1.807) is 29.0 Å². The summed E-state index contributed by atoms with van der Waals surface area (Å²) < 4.78 is 1.11. The molecule has 0 bridgehead atoms. The van der Waals surface area contributed by atoms with E-state index in [1.165, 1.54) is 4.88 Å². The number of fused-ring (bicyclic) bond motifs is 1. The number of thiophene rings is 1. The standard InChI is InChI=1S/C17H20N6OS2/c1-12-10-19-14(26-12)2-4-18-17(24)23-7-5-22(6-8-23)16-15-13(3-9-25-15)20-11-21-16/h3,9-11H,2,4-8H2,1H3,(H,18,24). The van der Waals surface area contributed by atoms with Crippen molar-refractivity contribution in [2.24, 2.45) is 0 Å². The molecular weight excluding hydrogens is 368 g/mol. The summed E-state index contributed by atoms with van der Waals surface area (Å²) in [7, 11) is 0. The Morgan fingerprint density at radius 3 is 2.85 bits per heavy atom. The highest BCUT2D eigenvalue weighted by Crippen LogP contribution is 2.28. The van der Waals surface area contributed by atoms with Crippen LogP contribution in [0.3, 0.4) is 0 Å². The third kappa shape index (κ3) is 3.63. The Labute approximate surface area is 159 Å². The average molecular weight is 389 g/mol. The van der Waals surface area contributed by atoms with Gasteiger partial charge in [-0.15, -0.1) is 22.7 Å². The van der Waals surface area contributed by atoms with Crippen LogP contribution >= 0.6 is 22.7 Å². The molecule has 136 valence electrons. The van der Waals surface area contributed by atoms with Gasteiger partial charge < -0.3 is 15.1 Å². The van der Waals surface area contributed by atoms with Gasteiger partial charge in [-0.05, 0) is 18.4 Å². The number of anilines is 1. The van der Waals surface area contributed by atoms with E-state index in [-0.39, 0.29) is 6.03 Å². The zero-order valence-corrected chi connectivity index (χ0v) is 16.1. The second kappa shape index (κ2) is 7.55. The molecule has 3 aromatic rings. The lowest BCUT2D eigenvalue weighted by molar-refractivity contribution is 0.194. The minimum Gasteiger partial charge on any atom is -0.352 e. The second-order valence-corrected chi connectivity index (χ2v) is 8.39. The van der Waals surface area contributed by atoms with Gasteiger partial charge in [-0.2, -0.15) is 0 Å². The van der Waals surface area contributed by atoms with Crippen LogP contribution in [0.15, 0.2) is 24.0 Å². The normalized spacial score (nSPS) is 14.8. The summed E-state index contributed by atoms with van der Waals surface area (Å²) in [5.74, 6) is 0.976. The zero-order valence-electron chi connectivity index (χ0n) is 14.5. The summed E-state index contributed by atoms with van der Waals surface area (Å²) in [6, 6.07) is 2.01. The lowest BCUT2D eigenvalue weighted by Gasteiger charge is -2.35. The van der Waals surface area contributed by atoms with Crippen LogP contribution in [0.1, 0.15) is 9.88 Å². The van der Waals surface area contributed by atoms with Crippen molar-refractivity contribution >= 4 is 44.7 Å². The van der Waals surface area contributed by atoms with Gasteiger partial charge in [0.15, 0.2) is 0 Å². The highest BCUT2D eigenvalue weighted by molar-refractivity contribution is 7.17. The Balaban J connectivity index is 1.29. The molecule has 0 radical (unpaired) electrons. The predicted molar refractivity (Wildman–Crippen MR) is 105 cm³/mol. The van der Waals surface area contributed by atoms with Crippen LogP contribution in [0.5, 0.6) is 0 Å². The Bertz CT molecular complexity index is 899. The van der Waals surface area contributed by atoms with Gasteiger partial charge in [0.2, 0.25) is 0 Å². The van der Waals surface area contributed by atoms with Crippen LogP contribution < -0.4 is 10.2 Å². The lowest BCUT2D eigenvalue weighted by Crippen LogP contribution is -2.52. The van der Waals surface area contributed by atoms with E-state index in [2.05, 4.69) is 25.2 Å². The van der Waals surface area contributed by atoms with Gasteiger partial charge >= 0.3 is 6.03 Å². The first-order valence-corrected chi connectivity index (χ1v) is 10.3. The lowest BCUT2D eigenvalue weighted by atomic mass is 10.3. The molecule has 1 N–H and O–H groups in total. The highest BCUT2D eigenvalue weighted by Gasteiger charge is 2.23. The van der Waals surface area contributed by atoms with Gasteiger partial charge in [0.1, 0.15) is 12.1 Å². The average Bonchev–Trinajstić information content (AvgIpc) is 3.30. The molecule has 4 rings (SSSR count). The first-order valence-electron chi connectivity index (χ1n) is 8.58. The molecule has 0 unspecified atom stereocenters. The fraction of sp³-hybridized carbons (Fsp3) is 0.412. The molecule has 26 heavy (non-hydrogen) atoms. The molecular formula is C17H20N6OS2. The first kappa shape index (κ1) is 17.2. The van der Waals surface area contributed by atoms with Crippen molar-refractivity contribution in [2.45, 2.75) is 13.3 Å². The maximum Gasteiger partial charge on any atom is 0.317 e. The Morgan fingerprint density at radius 2 is 2.08 bits per heavy atom. The number of piperazine rings is 1. The van der Waals surface area contributed by atoms with Crippen molar-refractivity contribution in [3.63, 3.8) is 0 Å². The Hall–Kier alpha value is -2.26. The second-order valence-electron chi connectivity index (χ2n) is 6.15. The Kier molecular flexibility index (Phi) is 4.98. The summed E-state index contributed by atoms with van der Waals surface area (Å²) in [6.07, 6.45) is 4.27. The fourth-order valence-corrected chi connectivity index (χ4v) is 4.68. The van der Waals surface area contributed by atoms with E-state index in [1.807, 2.05) is 29.5 Å². The van der Waals surface area contributed by atoms with Crippen molar-refractivity contribution in [3.8, 4) is 0 Å². The zero-order chi connectivity index (χ0) is 17.9. The van der Waals surface area contributed by atoms with Crippen molar-refractivity contribution in [3.05, 3.63) is 33.9 Å². The number of nitrogens with zero attached hydrogens (tertiary/aromatic N) is 5. The Morgan fingerprint density at radius 1 is 1.23 bits per heavy atom. The van der Waals surface area contributed by atoms with E-state index in [9.17, 15) is 4.79 Å². The molecule has 7 nitrogen and oxygen atoms in total. The smallest absolute Gasteiger partial charge is 0.317 e. The molecule has 1 aliphatic heterocycles. The number of hydrogen-bond donors (Lipinski definition) is 1. The molecule has 0 saturated carbocycles. The van der Waals surface area contributed by atoms with E-state index in [4.69, 9.17) is 0 Å². The largest absolute Gasteiger partial charge is 0.352 e. The number of hydrogen-bond acceptors (Lipinski definition) is 7. The minimum absolute atomic E-state index is 0.00175. The molecule has 1 fully saturated rings. The molecule has 1 aliphatic rings. The molecule has 0 aliphatic carbocycles. The highest BCUT2D eigenvalue weighted by atomic mass is 32.1. The molecule has 2 amide bonds. The van der Waals surface area contributed by atoms with Gasteiger partial charge in [-0.25, -0.2) is 19.7 Å². The van der Waals surface area contributed by atoms with Crippen molar-refractivity contribution < 1.29 is 4.79 Å². The van der Waals surface area contributed by atoms with Gasteiger partial charge in [0, 0.05) is 50.2 Å². The molecule has 0 atom stereocenters. The van der Waals surface area contributed by atoms with E-state index in [0.29, 0.717) is 19.6 Å². The maximum absolute atomic E-state index is 12.4. The summed E-state index contributed by atoms with van der Waals surface area (Å²) in [5, 5.41) is 6.11. The molecule has 9 heteroatoms. The van der Waals surface area contributed by atoms with E-state index < -0.39 is 0 Å². The van der Waals surface area contributed by atoms with Gasteiger partial charge in [0.05, 0.1) is 15.2 Å². The first-order chi connectivity index (χ1) is 12.7. The van der Waals surface area contributed by atoms with Gasteiger partial charge in [-0.1, -0.05) is 0 Å². The fourth-order valence-electron chi connectivity index (χ4n) is 3.03. The van der Waals surface area contributed by atoms with Crippen LogP contribution in [0, 0.1) is 6.92 Å².